The number of carbonyl (C=O) groups is 1. The third-order valence-electron chi connectivity index (χ3n) is 4.08. The number of aryl methyl sites for hydroxylation is 1. The maximum Gasteiger partial charge on any atom is 0.217 e. The number of fused-ring (bicyclic) bond motifs is 1. The number of oxazole rings is 1. The second-order valence-corrected chi connectivity index (χ2v) is 5.61. The zero-order valence-corrected chi connectivity index (χ0v) is 11.8. The van der Waals surface area contributed by atoms with Crippen LogP contribution in [0.3, 0.4) is 0 Å². The molecule has 4 heteroatoms. The van der Waals surface area contributed by atoms with Gasteiger partial charge in [-0.2, -0.15) is 0 Å². The number of rotatable bonds is 6. The summed E-state index contributed by atoms with van der Waals surface area (Å²) in [6.07, 6.45) is 4.50. The number of hydrogen-bond donors (Lipinski definition) is 1. The fourth-order valence-electron chi connectivity index (χ4n) is 2.90. The van der Waals surface area contributed by atoms with E-state index < -0.39 is 0 Å². The Kier molecular flexibility index (Phi) is 3.47. The van der Waals surface area contributed by atoms with Crippen LogP contribution >= 0.6 is 0 Å². The molecule has 1 unspecified atom stereocenters. The van der Waals surface area contributed by atoms with Gasteiger partial charge in [-0.1, -0.05) is 19.1 Å². The highest BCUT2D eigenvalue weighted by Crippen LogP contribution is 2.46. The Balaban J connectivity index is 1.97. The molecule has 1 amide bonds. The molecule has 1 heterocycles. The van der Waals surface area contributed by atoms with Crippen molar-refractivity contribution in [2.24, 2.45) is 11.7 Å². The summed E-state index contributed by atoms with van der Waals surface area (Å²) >= 11 is 0. The van der Waals surface area contributed by atoms with Crippen molar-refractivity contribution >= 4 is 17.0 Å². The highest BCUT2D eigenvalue weighted by Gasteiger charge is 2.34. The van der Waals surface area contributed by atoms with Crippen LogP contribution in [0.15, 0.2) is 22.6 Å². The van der Waals surface area contributed by atoms with Gasteiger partial charge in [0.15, 0.2) is 11.5 Å². The number of para-hydroxylation sites is 1. The summed E-state index contributed by atoms with van der Waals surface area (Å²) in [5, 5.41) is 0. The molecule has 4 nitrogen and oxygen atoms in total. The van der Waals surface area contributed by atoms with E-state index >= 15 is 0 Å². The lowest BCUT2D eigenvalue weighted by Gasteiger charge is -2.15. The number of benzene rings is 1. The van der Waals surface area contributed by atoms with Gasteiger partial charge in [-0.05, 0) is 37.2 Å². The Bertz CT molecular complexity index is 628. The van der Waals surface area contributed by atoms with Gasteiger partial charge in [-0.15, -0.1) is 0 Å². The molecule has 1 saturated carbocycles. The topological polar surface area (TPSA) is 69.1 Å². The maximum absolute atomic E-state index is 11.1. The van der Waals surface area contributed by atoms with Crippen LogP contribution in [0.25, 0.3) is 11.1 Å². The van der Waals surface area contributed by atoms with E-state index in [2.05, 4.69) is 11.1 Å². The molecule has 0 aliphatic heterocycles. The molecule has 2 aromatic rings. The van der Waals surface area contributed by atoms with E-state index in [1.54, 1.807) is 0 Å². The third kappa shape index (κ3) is 2.55. The minimum atomic E-state index is -0.227. The molecule has 1 atom stereocenters. The summed E-state index contributed by atoms with van der Waals surface area (Å²) in [6, 6.07) is 6.12. The number of primary amides is 1. The standard InChI is InChI=1S/C16H20N2O2/c1-2-15-18-13-5-3-4-12(16(13)20-15)11(10-6-7-10)8-9-14(17)19/h3-5,10-11H,2,6-9H2,1H3,(H2,17,19). The molecule has 20 heavy (non-hydrogen) atoms. The normalized spacial score (nSPS) is 16.4. The quantitative estimate of drug-likeness (QED) is 0.878. The number of amides is 1. The average molecular weight is 272 g/mol. The first kappa shape index (κ1) is 13.2. The monoisotopic (exact) mass is 272 g/mol. The number of carbonyl (C=O) groups excluding carboxylic acids is 1. The minimum Gasteiger partial charge on any atom is -0.440 e. The largest absolute Gasteiger partial charge is 0.440 e. The van der Waals surface area contributed by atoms with Crippen molar-refractivity contribution in [3.8, 4) is 0 Å². The number of nitrogens with zero attached hydrogens (tertiary/aromatic N) is 1. The average Bonchev–Trinajstić information content (AvgIpc) is 3.17. The van der Waals surface area contributed by atoms with E-state index in [9.17, 15) is 4.79 Å². The molecule has 0 spiro atoms. The van der Waals surface area contributed by atoms with Crippen LogP contribution in [0, 0.1) is 5.92 Å². The Labute approximate surface area is 118 Å². The third-order valence-corrected chi connectivity index (χ3v) is 4.08. The van der Waals surface area contributed by atoms with Crippen LogP contribution in [-0.4, -0.2) is 10.9 Å². The van der Waals surface area contributed by atoms with Gasteiger partial charge in [0.1, 0.15) is 5.52 Å². The first-order valence-corrected chi connectivity index (χ1v) is 7.35. The van der Waals surface area contributed by atoms with E-state index in [1.807, 2.05) is 19.1 Å². The Morgan fingerprint density at radius 1 is 1.50 bits per heavy atom. The van der Waals surface area contributed by atoms with Crippen molar-refractivity contribution < 1.29 is 9.21 Å². The van der Waals surface area contributed by atoms with Crippen LogP contribution in [0.2, 0.25) is 0 Å². The molecule has 0 saturated heterocycles. The maximum atomic E-state index is 11.1. The molecular formula is C16H20N2O2. The van der Waals surface area contributed by atoms with Crippen LogP contribution in [0.5, 0.6) is 0 Å². The molecule has 1 fully saturated rings. The van der Waals surface area contributed by atoms with E-state index in [-0.39, 0.29) is 5.91 Å². The molecule has 1 aliphatic carbocycles. The summed E-state index contributed by atoms with van der Waals surface area (Å²) in [5.74, 6) is 1.57. The number of hydrogen-bond acceptors (Lipinski definition) is 3. The summed E-state index contributed by atoms with van der Waals surface area (Å²) < 4.78 is 5.89. The number of nitrogens with two attached hydrogens (primary N) is 1. The highest BCUT2D eigenvalue weighted by molar-refractivity contribution is 5.77. The lowest BCUT2D eigenvalue weighted by molar-refractivity contribution is -0.118. The van der Waals surface area contributed by atoms with Crippen LogP contribution in [-0.2, 0) is 11.2 Å². The zero-order valence-electron chi connectivity index (χ0n) is 11.8. The van der Waals surface area contributed by atoms with Gasteiger partial charge in [-0.3, -0.25) is 4.79 Å². The molecule has 106 valence electrons. The minimum absolute atomic E-state index is 0.227. The van der Waals surface area contributed by atoms with Crippen molar-refractivity contribution in [2.75, 3.05) is 0 Å². The second-order valence-electron chi connectivity index (χ2n) is 5.61. The second kappa shape index (κ2) is 5.27. The molecule has 1 aliphatic rings. The van der Waals surface area contributed by atoms with E-state index in [1.165, 1.54) is 18.4 Å². The van der Waals surface area contributed by atoms with Crippen molar-refractivity contribution in [3.63, 3.8) is 0 Å². The lowest BCUT2D eigenvalue weighted by Crippen LogP contribution is -2.13. The van der Waals surface area contributed by atoms with E-state index in [4.69, 9.17) is 10.2 Å². The van der Waals surface area contributed by atoms with Crippen LogP contribution < -0.4 is 5.73 Å². The van der Waals surface area contributed by atoms with Gasteiger partial charge in [0.2, 0.25) is 5.91 Å². The molecule has 1 aromatic carbocycles. The Hall–Kier alpha value is -1.84. The highest BCUT2D eigenvalue weighted by atomic mass is 16.3. The predicted molar refractivity (Wildman–Crippen MR) is 77.3 cm³/mol. The van der Waals surface area contributed by atoms with Gasteiger partial charge < -0.3 is 10.2 Å². The zero-order chi connectivity index (χ0) is 14.1. The smallest absolute Gasteiger partial charge is 0.217 e. The Morgan fingerprint density at radius 3 is 2.95 bits per heavy atom. The lowest BCUT2D eigenvalue weighted by atomic mass is 9.89. The molecular weight excluding hydrogens is 252 g/mol. The summed E-state index contributed by atoms with van der Waals surface area (Å²) in [4.78, 5) is 15.6. The van der Waals surface area contributed by atoms with Crippen molar-refractivity contribution in [2.45, 2.75) is 44.9 Å². The first-order chi connectivity index (χ1) is 9.69. The molecule has 1 aromatic heterocycles. The van der Waals surface area contributed by atoms with Crippen LogP contribution in [0.1, 0.15) is 50.0 Å². The summed E-state index contributed by atoms with van der Waals surface area (Å²) in [5.41, 5.74) is 8.31. The molecule has 2 N–H and O–H groups in total. The van der Waals surface area contributed by atoms with Gasteiger partial charge >= 0.3 is 0 Å². The molecule has 0 radical (unpaired) electrons. The van der Waals surface area contributed by atoms with Gasteiger partial charge in [-0.25, -0.2) is 4.98 Å². The van der Waals surface area contributed by atoms with E-state index in [0.29, 0.717) is 18.3 Å². The molecule has 0 bridgehead atoms. The van der Waals surface area contributed by atoms with Gasteiger partial charge in [0.25, 0.3) is 0 Å². The number of aromatic nitrogens is 1. The van der Waals surface area contributed by atoms with Gasteiger partial charge in [0.05, 0.1) is 0 Å². The van der Waals surface area contributed by atoms with Gasteiger partial charge in [0, 0.05) is 18.4 Å². The Morgan fingerprint density at radius 2 is 2.30 bits per heavy atom. The summed E-state index contributed by atoms with van der Waals surface area (Å²) in [6.45, 7) is 2.04. The van der Waals surface area contributed by atoms with Crippen LogP contribution in [0.4, 0.5) is 0 Å². The fraction of sp³-hybridized carbons (Fsp3) is 0.500. The summed E-state index contributed by atoms with van der Waals surface area (Å²) in [7, 11) is 0. The molecule has 3 rings (SSSR count). The fourth-order valence-corrected chi connectivity index (χ4v) is 2.90. The van der Waals surface area contributed by atoms with Crippen molar-refractivity contribution in [1.29, 1.82) is 0 Å². The first-order valence-electron chi connectivity index (χ1n) is 7.35. The van der Waals surface area contributed by atoms with Crippen molar-refractivity contribution in [3.05, 3.63) is 29.7 Å². The predicted octanol–water partition coefficient (Wildman–Crippen LogP) is 3.15. The van der Waals surface area contributed by atoms with Crippen molar-refractivity contribution in [1.82, 2.24) is 4.98 Å². The SMILES string of the molecule is CCc1nc2cccc(C(CCC(N)=O)C3CC3)c2o1. The van der Waals surface area contributed by atoms with E-state index in [0.717, 1.165) is 29.8 Å².